The fourth-order valence-corrected chi connectivity index (χ4v) is 2.86. The van der Waals surface area contributed by atoms with Crippen LogP contribution < -0.4 is 0 Å². The minimum absolute atomic E-state index is 0.150. The first-order valence-corrected chi connectivity index (χ1v) is 6.81. The summed E-state index contributed by atoms with van der Waals surface area (Å²) < 4.78 is 13.2. The third-order valence-electron chi connectivity index (χ3n) is 3.85. The Morgan fingerprint density at radius 3 is 2.89 bits per heavy atom. The number of H-pyrrole nitrogens is 1. The van der Waals surface area contributed by atoms with Crippen LogP contribution in [0.25, 0.3) is 10.9 Å². The van der Waals surface area contributed by atoms with Crippen LogP contribution in [0.2, 0.25) is 0 Å². The van der Waals surface area contributed by atoms with Gasteiger partial charge in [0.1, 0.15) is 5.82 Å². The number of hydrogen-bond acceptors (Lipinski definition) is 1. The molecule has 1 aliphatic rings. The highest BCUT2D eigenvalue weighted by Gasteiger charge is 2.11. The smallest absolute Gasteiger partial charge is 0.123 e. The van der Waals surface area contributed by atoms with Crippen molar-refractivity contribution in [2.45, 2.75) is 25.7 Å². The molecule has 96 valence electrons. The predicted molar refractivity (Wildman–Crippen MR) is 72.3 cm³/mol. The Balaban J connectivity index is 1.65. The van der Waals surface area contributed by atoms with Crippen LogP contribution >= 0.6 is 0 Å². The van der Waals surface area contributed by atoms with E-state index in [2.05, 4.69) is 9.88 Å². The maximum atomic E-state index is 13.2. The molecule has 1 aromatic heterocycles. The topological polar surface area (TPSA) is 19.0 Å². The number of likely N-dealkylation sites (tertiary alicyclic amines) is 1. The highest BCUT2D eigenvalue weighted by molar-refractivity contribution is 5.83. The molecule has 1 fully saturated rings. The average molecular weight is 246 g/mol. The highest BCUT2D eigenvalue weighted by atomic mass is 19.1. The maximum absolute atomic E-state index is 13.2. The van der Waals surface area contributed by atoms with Gasteiger partial charge < -0.3 is 9.88 Å². The maximum Gasteiger partial charge on any atom is 0.123 e. The Morgan fingerprint density at radius 1 is 1.22 bits per heavy atom. The van der Waals surface area contributed by atoms with E-state index < -0.39 is 0 Å². The molecule has 2 aromatic rings. The Hall–Kier alpha value is -1.35. The van der Waals surface area contributed by atoms with Gasteiger partial charge in [0.05, 0.1) is 0 Å². The average Bonchev–Trinajstić information content (AvgIpc) is 2.99. The lowest BCUT2D eigenvalue weighted by atomic mass is 10.1. The molecule has 0 unspecified atom stereocenters. The monoisotopic (exact) mass is 246 g/mol. The molecule has 0 spiro atoms. The van der Waals surface area contributed by atoms with E-state index in [0.717, 1.165) is 23.7 Å². The fourth-order valence-electron chi connectivity index (χ4n) is 2.86. The molecule has 0 radical (unpaired) electrons. The number of aryl methyl sites for hydroxylation is 1. The highest BCUT2D eigenvalue weighted by Crippen LogP contribution is 2.21. The van der Waals surface area contributed by atoms with Gasteiger partial charge >= 0.3 is 0 Å². The summed E-state index contributed by atoms with van der Waals surface area (Å²) >= 11 is 0. The van der Waals surface area contributed by atoms with Crippen molar-refractivity contribution >= 4 is 10.9 Å². The minimum Gasteiger partial charge on any atom is -0.361 e. The van der Waals surface area contributed by atoms with E-state index in [1.54, 1.807) is 6.07 Å². The second-order valence-electron chi connectivity index (χ2n) is 5.16. The molecular weight excluding hydrogens is 227 g/mol. The molecule has 0 aliphatic carbocycles. The molecule has 0 bridgehead atoms. The summed E-state index contributed by atoms with van der Waals surface area (Å²) in [7, 11) is 0. The first-order valence-electron chi connectivity index (χ1n) is 6.81. The van der Waals surface area contributed by atoms with Crippen LogP contribution in [0.5, 0.6) is 0 Å². The van der Waals surface area contributed by atoms with Gasteiger partial charge in [-0.05, 0) is 69.1 Å². The molecule has 3 heteroatoms. The number of nitrogens with zero attached hydrogens (tertiary/aromatic N) is 1. The number of aromatic nitrogens is 1. The van der Waals surface area contributed by atoms with Gasteiger partial charge in [-0.15, -0.1) is 0 Å². The van der Waals surface area contributed by atoms with Crippen molar-refractivity contribution in [1.29, 1.82) is 0 Å². The van der Waals surface area contributed by atoms with Crippen LogP contribution in [0.4, 0.5) is 4.39 Å². The van der Waals surface area contributed by atoms with Crippen molar-refractivity contribution in [3.8, 4) is 0 Å². The molecule has 3 rings (SSSR count). The van der Waals surface area contributed by atoms with Crippen LogP contribution in [0.15, 0.2) is 24.4 Å². The van der Waals surface area contributed by atoms with Gasteiger partial charge in [0.2, 0.25) is 0 Å². The lowest BCUT2D eigenvalue weighted by Crippen LogP contribution is -2.20. The largest absolute Gasteiger partial charge is 0.361 e. The van der Waals surface area contributed by atoms with Crippen LogP contribution in [0.1, 0.15) is 24.8 Å². The molecule has 0 saturated carbocycles. The summed E-state index contributed by atoms with van der Waals surface area (Å²) in [5, 5.41) is 1.04. The molecule has 2 nitrogen and oxygen atoms in total. The van der Waals surface area contributed by atoms with Crippen LogP contribution in [-0.2, 0) is 6.42 Å². The normalized spacial score (nSPS) is 16.7. The summed E-state index contributed by atoms with van der Waals surface area (Å²) in [5.41, 5.74) is 2.27. The van der Waals surface area contributed by atoms with Gasteiger partial charge in [-0.25, -0.2) is 4.39 Å². The molecule has 1 aliphatic heterocycles. The first-order chi connectivity index (χ1) is 8.83. The van der Waals surface area contributed by atoms with Crippen molar-refractivity contribution in [1.82, 2.24) is 9.88 Å². The summed E-state index contributed by atoms with van der Waals surface area (Å²) in [6, 6.07) is 4.96. The fraction of sp³-hybridized carbons (Fsp3) is 0.467. The summed E-state index contributed by atoms with van der Waals surface area (Å²) in [5.74, 6) is -0.150. The SMILES string of the molecule is Fc1ccc2[nH]cc(CCCN3CCCC3)c2c1. The van der Waals surface area contributed by atoms with Gasteiger partial charge in [0.25, 0.3) is 0 Å². The molecule has 1 N–H and O–H groups in total. The van der Waals surface area contributed by atoms with Gasteiger partial charge in [0, 0.05) is 17.1 Å². The number of aromatic amines is 1. The third kappa shape index (κ3) is 2.41. The number of halogens is 1. The van der Waals surface area contributed by atoms with Crippen molar-refractivity contribution < 1.29 is 4.39 Å². The molecule has 18 heavy (non-hydrogen) atoms. The zero-order valence-corrected chi connectivity index (χ0v) is 10.6. The Kier molecular flexibility index (Phi) is 3.33. The third-order valence-corrected chi connectivity index (χ3v) is 3.85. The van der Waals surface area contributed by atoms with Crippen LogP contribution in [0.3, 0.4) is 0 Å². The second-order valence-corrected chi connectivity index (χ2v) is 5.16. The zero-order chi connectivity index (χ0) is 12.4. The van der Waals surface area contributed by atoms with Crippen molar-refractivity contribution in [3.05, 3.63) is 35.8 Å². The molecule has 2 heterocycles. The Morgan fingerprint density at radius 2 is 2.06 bits per heavy atom. The van der Waals surface area contributed by atoms with Crippen LogP contribution in [-0.4, -0.2) is 29.5 Å². The molecule has 1 saturated heterocycles. The number of nitrogens with one attached hydrogen (secondary N) is 1. The molecule has 0 amide bonds. The lowest BCUT2D eigenvalue weighted by molar-refractivity contribution is 0.334. The number of hydrogen-bond donors (Lipinski definition) is 1. The van der Waals surface area contributed by atoms with E-state index in [4.69, 9.17) is 0 Å². The lowest BCUT2D eigenvalue weighted by Gasteiger charge is -2.13. The van der Waals surface area contributed by atoms with E-state index in [0.29, 0.717) is 0 Å². The summed E-state index contributed by atoms with van der Waals surface area (Å²) in [6.07, 6.45) is 6.90. The number of fused-ring (bicyclic) bond motifs is 1. The quantitative estimate of drug-likeness (QED) is 0.876. The van der Waals surface area contributed by atoms with E-state index in [1.165, 1.54) is 44.1 Å². The summed E-state index contributed by atoms with van der Waals surface area (Å²) in [6.45, 7) is 3.67. The van der Waals surface area contributed by atoms with Gasteiger partial charge in [-0.3, -0.25) is 0 Å². The van der Waals surface area contributed by atoms with Gasteiger partial charge in [-0.2, -0.15) is 0 Å². The molecular formula is C15H19FN2. The van der Waals surface area contributed by atoms with Gasteiger partial charge in [0.15, 0.2) is 0 Å². The van der Waals surface area contributed by atoms with E-state index in [1.807, 2.05) is 12.3 Å². The zero-order valence-electron chi connectivity index (χ0n) is 10.6. The number of benzene rings is 1. The van der Waals surface area contributed by atoms with Crippen molar-refractivity contribution in [3.63, 3.8) is 0 Å². The summed E-state index contributed by atoms with van der Waals surface area (Å²) in [4.78, 5) is 5.74. The first kappa shape index (κ1) is 11.7. The Labute approximate surface area is 107 Å². The van der Waals surface area contributed by atoms with Crippen molar-refractivity contribution in [2.75, 3.05) is 19.6 Å². The number of rotatable bonds is 4. The van der Waals surface area contributed by atoms with Gasteiger partial charge in [-0.1, -0.05) is 0 Å². The second kappa shape index (κ2) is 5.11. The van der Waals surface area contributed by atoms with Crippen LogP contribution in [0, 0.1) is 5.82 Å². The molecule has 0 atom stereocenters. The predicted octanol–water partition coefficient (Wildman–Crippen LogP) is 3.34. The standard InChI is InChI=1S/C15H19FN2/c16-13-5-6-15-14(10-13)12(11-17-15)4-3-9-18-7-1-2-8-18/h5-6,10-11,17H,1-4,7-9H2. The van der Waals surface area contributed by atoms with E-state index >= 15 is 0 Å². The van der Waals surface area contributed by atoms with Crippen molar-refractivity contribution in [2.24, 2.45) is 0 Å². The molecule has 1 aromatic carbocycles. The minimum atomic E-state index is -0.150. The van der Waals surface area contributed by atoms with E-state index in [9.17, 15) is 4.39 Å². The van der Waals surface area contributed by atoms with E-state index in [-0.39, 0.29) is 5.82 Å². The Bertz CT molecular complexity index is 526.